The van der Waals surface area contributed by atoms with E-state index < -0.39 is 10.4 Å². The van der Waals surface area contributed by atoms with Crippen molar-refractivity contribution in [1.29, 1.82) is 0 Å². The molecule has 0 aliphatic rings. The molecule has 0 saturated heterocycles. The van der Waals surface area contributed by atoms with Crippen molar-refractivity contribution in [1.82, 2.24) is 4.94 Å². The van der Waals surface area contributed by atoms with Crippen LogP contribution in [-0.4, -0.2) is 78.7 Å². The molecule has 8 heavy (non-hydrogen) atoms. The average molecular weight is 165 g/mol. The van der Waals surface area contributed by atoms with Crippen LogP contribution in [0.2, 0.25) is 0 Å². The number of rotatable bonds is 1. The van der Waals surface area contributed by atoms with Gasteiger partial charge in [0.2, 0.25) is 0 Å². The predicted octanol–water partition coefficient (Wildman–Crippen LogP) is -1.62. The summed E-state index contributed by atoms with van der Waals surface area (Å²) in [6, 6.07) is 0. The van der Waals surface area contributed by atoms with Crippen LogP contribution in [-0.2, 0) is 10.4 Å². The van der Waals surface area contributed by atoms with Gasteiger partial charge in [-0.2, -0.15) is 8.42 Å². The zero-order chi connectivity index (χ0) is 5.21. The molecule has 0 spiro atoms. The molecule has 0 amide bonds. The molecular weight excluding hydrogens is 162 g/mol. The Morgan fingerprint density at radius 1 is 1.38 bits per heavy atom. The van der Waals surface area contributed by atoms with Crippen molar-refractivity contribution in [2.75, 3.05) is 0 Å². The van der Waals surface area contributed by atoms with Crippen molar-refractivity contribution >= 4 is 80.7 Å². The average Bonchev–Trinajstić information content (AvgIpc) is 1.35. The molecule has 3 nitrogen and oxygen atoms in total. The van der Waals surface area contributed by atoms with E-state index in [9.17, 15) is 8.37 Å². The van der Waals surface area contributed by atoms with Gasteiger partial charge in [0.1, 0.15) is 0 Å². The molecule has 0 atom stereocenters. The first-order valence-corrected chi connectivity index (χ1v) is 2.26. The Morgan fingerprint density at radius 3 is 1.50 bits per heavy atom. The molecule has 0 aromatic carbocycles. The maximum absolute atomic E-state index is 10.6. The van der Waals surface area contributed by atoms with E-state index in [-0.39, 0.29) is 75.2 Å². The van der Waals surface area contributed by atoms with E-state index in [0.29, 0.717) is 0 Å². The van der Waals surface area contributed by atoms with E-state index in [2.05, 4.69) is 0 Å². The third-order valence-electron chi connectivity index (χ3n) is 0.0922. The van der Waals surface area contributed by atoms with E-state index >= 15 is 0 Å². The normalized spacial score (nSPS) is 8.75. The number of halogens is 2. The molecule has 0 fully saturated rings. The quantitative estimate of drug-likeness (QED) is 0.288. The van der Waals surface area contributed by atoms with Crippen LogP contribution >= 0.6 is 0 Å². The molecule has 0 aromatic rings. The van der Waals surface area contributed by atoms with Crippen LogP contribution in [0.25, 0.3) is 0 Å². The van der Waals surface area contributed by atoms with Gasteiger partial charge in [0.25, 0.3) is 0 Å². The first-order valence-electron chi connectivity index (χ1n) is 0.881. The molecule has 0 aliphatic heterocycles. The second-order valence-corrected chi connectivity index (χ2v) is 1.54. The van der Waals surface area contributed by atoms with Gasteiger partial charge in [0.15, 0.2) is 0 Å². The molecule has 1 N–H and O–H groups in total. The zero-order valence-corrected chi connectivity index (χ0v) is 3.30. The van der Waals surface area contributed by atoms with Gasteiger partial charge in [0, 0.05) is 0 Å². The summed E-state index contributed by atoms with van der Waals surface area (Å²) < 4.78 is 38.6. The molecule has 0 saturated carbocycles. The van der Waals surface area contributed by atoms with E-state index in [1.165, 1.54) is 0 Å². The van der Waals surface area contributed by atoms with Crippen LogP contribution in [0.1, 0.15) is 0 Å². The number of hydrogen-bond donors (Lipinski definition) is 1. The molecule has 0 bridgehead atoms. The van der Waals surface area contributed by atoms with Gasteiger partial charge in [0.05, 0.1) is 0 Å². The Bertz CT molecular complexity index is 122. The second-order valence-electron chi connectivity index (χ2n) is 0.515. The van der Waals surface area contributed by atoms with Gasteiger partial charge >= 0.3 is 80.7 Å². The summed E-state index contributed by atoms with van der Waals surface area (Å²) in [5, 5.41) is 0. The number of hydrogen-bond acceptors (Lipinski definition) is 2. The molecular formula is H3F2KLiNO2S. The Hall–Kier alpha value is 2.00. The van der Waals surface area contributed by atoms with Gasteiger partial charge < -0.3 is 0 Å². The molecule has 0 rings (SSSR count). The first-order chi connectivity index (χ1) is 2.56. The summed E-state index contributed by atoms with van der Waals surface area (Å²) in [5.41, 5.74) is 0. The number of nitrogens with one attached hydrogen (secondary N) is 1. The fourth-order valence-corrected chi connectivity index (χ4v) is 0. The third kappa shape index (κ3) is 15.7. The zero-order valence-electron chi connectivity index (χ0n) is 2.48. The second kappa shape index (κ2) is 7.11. The SMILES string of the molecule is O=S(=O)(F)NF.[KH].[LiH]. The van der Waals surface area contributed by atoms with Crippen LogP contribution in [0.5, 0.6) is 0 Å². The van der Waals surface area contributed by atoms with Crippen LogP contribution in [0.4, 0.5) is 8.37 Å². The van der Waals surface area contributed by atoms with Crippen molar-refractivity contribution in [3.63, 3.8) is 0 Å². The Balaban J connectivity index is -0.000000125. The van der Waals surface area contributed by atoms with Crippen LogP contribution in [0.3, 0.4) is 0 Å². The predicted molar refractivity (Wildman–Crippen MR) is 28.6 cm³/mol. The monoisotopic (exact) mass is 165 g/mol. The molecule has 8 heteroatoms. The summed E-state index contributed by atoms with van der Waals surface area (Å²) in [5.74, 6) is 0. The molecule has 0 heterocycles. The van der Waals surface area contributed by atoms with Crippen molar-refractivity contribution in [2.24, 2.45) is 0 Å². The third-order valence-corrected chi connectivity index (χ3v) is 0.276. The summed E-state index contributed by atoms with van der Waals surface area (Å²) in [6.07, 6.45) is 0. The Labute approximate surface area is 100 Å². The van der Waals surface area contributed by atoms with Gasteiger partial charge in [-0.15, -0.1) is 4.48 Å². The van der Waals surface area contributed by atoms with Crippen molar-refractivity contribution in [3.8, 4) is 0 Å². The minimum absolute atomic E-state index is 0. The van der Waals surface area contributed by atoms with Crippen LogP contribution in [0.15, 0.2) is 0 Å². The molecule has 0 radical (unpaired) electrons. The van der Waals surface area contributed by atoms with Gasteiger partial charge in [-0.3, -0.25) is 0 Å². The van der Waals surface area contributed by atoms with E-state index in [1.54, 1.807) is 0 Å². The summed E-state index contributed by atoms with van der Waals surface area (Å²) in [7, 11) is -5.08. The summed E-state index contributed by atoms with van der Waals surface area (Å²) in [4.78, 5) is -0.0903. The van der Waals surface area contributed by atoms with Gasteiger partial charge in [-0.25, -0.2) is 0 Å². The maximum atomic E-state index is 10.6. The van der Waals surface area contributed by atoms with Crippen molar-refractivity contribution in [2.45, 2.75) is 0 Å². The van der Waals surface area contributed by atoms with Gasteiger partial charge in [-0.05, 0) is 4.94 Å². The van der Waals surface area contributed by atoms with Crippen molar-refractivity contribution < 1.29 is 16.8 Å². The standard InChI is InChI=1S/F2HNO2S.K.Li.2H/c1-3-6(2,4)5;;;;/h3H;;;;. The Morgan fingerprint density at radius 2 is 1.50 bits per heavy atom. The molecule has 0 aromatic heterocycles. The summed E-state index contributed by atoms with van der Waals surface area (Å²) in [6.45, 7) is 0. The first kappa shape index (κ1) is 16.5. The molecule has 42 valence electrons. The molecule has 0 unspecified atom stereocenters. The fourth-order valence-electron chi connectivity index (χ4n) is 0. The van der Waals surface area contributed by atoms with E-state index in [0.717, 1.165) is 0 Å². The van der Waals surface area contributed by atoms with Crippen LogP contribution < -0.4 is 4.94 Å². The van der Waals surface area contributed by atoms with Gasteiger partial charge in [-0.1, -0.05) is 3.89 Å². The minimum atomic E-state index is -5.08. The van der Waals surface area contributed by atoms with E-state index in [1.807, 2.05) is 0 Å². The summed E-state index contributed by atoms with van der Waals surface area (Å²) >= 11 is 0. The van der Waals surface area contributed by atoms with Crippen molar-refractivity contribution in [3.05, 3.63) is 0 Å². The van der Waals surface area contributed by atoms with Crippen LogP contribution in [0, 0.1) is 0 Å². The fraction of sp³-hybridized carbons (Fsp3) is 0. The Kier molecular flexibility index (Phi) is 14.7. The van der Waals surface area contributed by atoms with E-state index in [4.69, 9.17) is 8.42 Å². The molecule has 0 aliphatic carbocycles. The topological polar surface area (TPSA) is 46.2 Å².